The van der Waals surface area contributed by atoms with Crippen LogP contribution in [0.3, 0.4) is 0 Å². The second kappa shape index (κ2) is 8.17. The van der Waals surface area contributed by atoms with Crippen LogP contribution in [-0.2, 0) is 4.74 Å². The summed E-state index contributed by atoms with van der Waals surface area (Å²) in [6.45, 7) is 10.3. The van der Waals surface area contributed by atoms with Crippen LogP contribution in [0.15, 0.2) is 48.6 Å². The number of rotatable bonds is 6. The van der Waals surface area contributed by atoms with E-state index in [1.54, 1.807) is 0 Å². The van der Waals surface area contributed by atoms with Crippen LogP contribution in [0.5, 0.6) is 0 Å². The summed E-state index contributed by atoms with van der Waals surface area (Å²) in [4.78, 5) is 2.44. The Hall–Kier alpha value is -2.36. The first-order valence-electron chi connectivity index (χ1n) is 10.6. The number of ether oxygens (including phenoxy) is 1. The van der Waals surface area contributed by atoms with E-state index in [0.717, 1.165) is 6.54 Å². The lowest BCUT2D eigenvalue weighted by molar-refractivity contribution is 0.0533. The van der Waals surface area contributed by atoms with Crippen molar-refractivity contribution in [1.29, 1.82) is 0 Å². The van der Waals surface area contributed by atoms with Crippen LogP contribution >= 0.6 is 0 Å². The number of anilines is 1. The van der Waals surface area contributed by atoms with E-state index in [0.29, 0.717) is 18.4 Å². The number of nitrogens with zero attached hydrogens (tertiary/aromatic N) is 1. The third kappa shape index (κ3) is 3.65. The van der Waals surface area contributed by atoms with Crippen molar-refractivity contribution in [3.05, 3.63) is 75.7 Å². The highest BCUT2D eigenvalue weighted by atomic mass is 16.5. The van der Waals surface area contributed by atoms with Gasteiger partial charge in [0.2, 0.25) is 0 Å². The Morgan fingerprint density at radius 2 is 1.72 bits per heavy atom. The fourth-order valence-corrected chi connectivity index (χ4v) is 4.54. The zero-order chi connectivity index (χ0) is 20.5. The highest BCUT2D eigenvalue weighted by Crippen LogP contribution is 2.37. The lowest BCUT2D eigenvalue weighted by Crippen LogP contribution is -2.43. The normalized spacial score (nSPS) is 17.7. The quantitative estimate of drug-likeness (QED) is 0.812. The molecule has 1 unspecified atom stereocenters. The molecule has 0 saturated heterocycles. The van der Waals surface area contributed by atoms with Crippen molar-refractivity contribution in [3.63, 3.8) is 0 Å². The van der Waals surface area contributed by atoms with E-state index in [1.807, 2.05) is 0 Å². The maximum Gasteiger partial charge on any atom is 0.102 e. The number of benzene rings is 2. The Labute approximate surface area is 173 Å². The molecular weight excluding hydrogens is 358 g/mol. The minimum absolute atomic E-state index is 0.0415. The van der Waals surface area contributed by atoms with Crippen molar-refractivity contribution < 1.29 is 9.84 Å². The molecule has 3 nitrogen and oxygen atoms in total. The second-order valence-electron chi connectivity index (χ2n) is 8.56. The summed E-state index contributed by atoms with van der Waals surface area (Å²) in [6, 6.07) is 13.2. The molecule has 1 aliphatic carbocycles. The predicted molar refractivity (Wildman–Crippen MR) is 120 cm³/mol. The Bertz CT molecular complexity index is 1020. The number of hydrogen-bond donors (Lipinski definition) is 1. The molecule has 0 bridgehead atoms. The molecule has 1 aliphatic heterocycles. The van der Waals surface area contributed by atoms with Gasteiger partial charge in [-0.2, -0.15) is 0 Å². The molecule has 1 N–H and O–H groups in total. The van der Waals surface area contributed by atoms with E-state index < -0.39 is 0 Å². The maximum atomic E-state index is 9.14. The molecule has 152 valence electrons. The Balaban J connectivity index is 1.86. The monoisotopic (exact) mass is 389 g/mol. The lowest BCUT2D eigenvalue weighted by Gasteiger charge is -2.33. The van der Waals surface area contributed by atoms with Gasteiger partial charge in [-0.15, -0.1) is 0 Å². The van der Waals surface area contributed by atoms with Crippen molar-refractivity contribution >= 4 is 17.5 Å². The minimum Gasteiger partial charge on any atom is -0.394 e. The molecule has 2 aromatic rings. The van der Waals surface area contributed by atoms with E-state index >= 15 is 0 Å². The van der Waals surface area contributed by atoms with E-state index in [2.05, 4.69) is 87.3 Å². The summed E-state index contributed by atoms with van der Waals surface area (Å²) >= 11 is 0. The molecule has 0 amide bonds. The van der Waals surface area contributed by atoms with Gasteiger partial charge in [0.15, 0.2) is 0 Å². The first-order chi connectivity index (χ1) is 14.0. The molecule has 4 rings (SSSR count). The smallest absolute Gasteiger partial charge is 0.102 e. The highest BCUT2D eigenvalue weighted by Gasteiger charge is 2.24. The fourth-order valence-electron chi connectivity index (χ4n) is 4.54. The summed E-state index contributed by atoms with van der Waals surface area (Å²) in [7, 11) is 0. The number of aliphatic hydroxyl groups is 1. The van der Waals surface area contributed by atoms with E-state index in [9.17, 15) is 0 Å². The van der Waals surface area contributed by atoms with Crippen LogP contribution in [0, 0.1) is 0 Å². The first-order valence-corrected chi connectivity index (χ1v) is 10.6. The number of hydrogen-bond acceptors (Lipinski definition) is 3. The standard InChI is InChI=1S/C26H31NO2/c1-17(2)21-8-6-9-22(18(3)4)26(21)27-15-19-7-5-10-23-24(29-14-13-28)12-11-20(16-27)25(19)23/h5-12,15,17-18,24,28H,13-14,16H2,1-4H3. The zero-order valence-corrected chi connectivity index (χ0v) is 17.9. The molecule has 0 saturated carbocycles. The summed E-state index contributed by atoms with van der Waals surface area (Å²) in [5.74, 6) is 0.931. The van der Waals surface area contributed by atoms with Gasteiger partial charge in [-0.3, -0.25) is 0 Å². The minimum atomic E-state index is -0.0880. The zero-order valence-electron chi connectivity index (χ0n) is 17.9. The summed E-state index contributed by atoms with van der Waals surface area (Å²) in [5, 5.41) is 11.7. The van der Waals surface area contributed by atoms with E-state index in [-0.39, 0.29) is 12.7 Å². The Kier molecular flexibility index (Phi) is 5.62. The summed E-state index contributed by atoms with van der Waals surface area (Å²) in [5.41, 5.74) is 6.68. The topological polar surface area (TPSA) is 32.7 Å². The van der Waals surface area contributed by atoms with Crippen LogP contribution < -0.4 is 15.3 Å². The van der Waals surface area contributed by atoms with Crippen LogP contribution in [0.1, 0.15) is 62.3 Å². The molecular formula is C26H31NO2. The average Bonchev–Trinajstić information content (AvgIpc) is 2.72. The Morgan fingerprint density at radius 3 is 2.38 bits per heavy atom. The van der Waals surface area contributed by atoms with Gasteiger partial charge in [-0.1, -0.05) is 76.2 Å². The van der Waals surface area contributed by atoms with E-state index in [4.69, 9.17) is 9.84 Å². The van der Waals surface area contributed by atoms with Gasteiger partial charge < -0.3 is 14.7 Å². The van der Waals surface area contributed by atoms with Crippen LogP contribution in [-0.4, -0.2) is 24.9 Å². The molecule has 0 fully saturated rings. The molecule has 1 heterocycles. The molecule has 2 aromatic carbocycles. The second-order valence-corrected chi connectivity index (χ2v) is 8.56. The first kappa shape index (κ1) is 19.9. The van der Waals surface area contributed by atoms with Crippen molar-refractivity contribution in [2.24, 2.45) is 0 Å². The lowest BCUT2D eigenvalue weighted by atomic mass is 9.89. The van der Waals surface area contributed by atoms with Gasteiger partial charge in [-0.05, 0) is 44.5 Å². The van der Waals surface area contributed by atoms with Crippen molar-refractivity contribution in [2.45, 2.75) is 45.6 Å². The average molecular weight is 390 g/mol. The van der Waals surface area contributed by atoms with Gasteiger partial charge in [-0.25, -0.2) is 0 Å². The van der Waals surface area contributed by atoms with E-state index in [1.165, 1.54) is 38.4 Å². The molecule has 2 aliphatic rings. The predicted octanol–water partition coefficient (Wildman–Crippen LogP) is 3.96. The van der Waals surface area contributed by atoms with Gasteiger partial charge >= 0.3 is 0 Å². The molecule has 0 spiro atoms. The van der Waals surface area contributed by atoms with Crippen LogP contribution in [0.4, 0.5) is 5.69 Å². The third-order valence-corrected chi connectivity index (χ3v) is 5.88. The highest BCUT2D eigenvalue weighted by molar-refractivity contribution is 5.77. The van der Waals surface area contributed by atoms with Crippen LogP contribution in [0.2, 0.25) is 0 Å². The summed E-state index contributed by atoms with van der Waals surface area (Å²) in [6.07, 6.45) is 6.55. The van der Waals surface area contributed by atoms with Crippen molar-refractivity contribution in [1.82, 2.24) is 0 Å². The molecule has 0 aromatic heterocycles. The fraction of sp³-hybridized carbons (Fsp3) is 0.385. The van der Waals surface area contributed by atoms with Gasteiger partial charge in [0, 0.05) is 18.4 Å². The van der Waals surface area contributed by atoms with Crippen molar-refractivity contribution in [2.75, 3.05) is 24.7 Å². The van der Waals surface area contributed by atoms with Gasteiger partial charge in [0.25, 0.3) is 0 Å². The Morgan fingerprint density at radius 1 is 1.03 bits per heavy atom. The molecule has 3 heteroatoms. The third-order valence-electron chi connectivity index (χ3n) is 5.88. The maximum absolute atomic E-state index is 9.14. The number of aliphatic hydroxyl groups excluding tert-OH is 1. The van der Waals surface area contributed by atoms with Crippen LogP contribution in [0.25, 0.3) is 11.8 Å². The van der Waals surface area contributed by atoms with Gasteiger partial charge in [0.05, 0.1) is 13.2 Å². The van der Waals surface area contributed by atoms with Gasteiger partial charge in [0.1, 0.15) is 6.10 Å². The molecule has 29 heavy (non-hydrogen) atoms. The number of para-hydroxylation sites is 1. The van der Waals surface area contributed by atoms with Crippen molar-refractivity contribution in [3.8, 4) is 0 Å². The molecule has 1 atom stereocenters. The SMILES string of the molecule is CC(C)c1cccc(C(C)C)c1N1C=c2cccc3c2=C(C=CC3OCCO)C1. The largest absolute Gasteiger partial charge is 0.394 e. The summed E-state index contributed by atoms with van der Waals surface area (Å²) < 4.78 is 5.87. The molecule has 0 radical (unpaired) electrons.